The molecule has 0 N–H and O–H groups in total. The lowest BCUT2D eigenvalue weighted by molar-refractivity contribution is -0.140. The van der Waals surface area contributed by atoms with Crippen molar-refractivity contribution in [3.63, 3.8) is 0 Å². The van der Waals surface area contributed by atoms with E-state index in [0.29, 0.717) is 31.0 Å². The predicted octanol–water partition coefficient (Wildman–Crippen LogP) is 2.76. The van der Waals surface area contributed by atoms with Gasteiger partial charge < -0.3 is 14.4 Å². The third-order valence-corrected chi connectivity index (χ3v) is 5.96. The van der Waals surface area contributed by atoms with Gasteiger partial charge in [-0.05, 0) is 31.2 Å². The van der Waals surface area contributed by atoms with Crippen molar-refractivity contribution in [2.75, 3.05) is 26.0 Å². The van der Waals surface area contributed by atoms with Crippen LogP contribution in [-0.2, 0) is 16.1 Å². The summed E-state index contributed by atoms with van der Waals surface area (Å²) in [7, 11) is 1.37. The van der Waals surface area contributed by atoms with Crippen molar-refractivity contribution in [3.8, 4) is 5.75 Å². The lowest BCUT2D eigenvalue weighted by Crippen LogP contribution is -2.44. The van der Waals surface area contributed by atoms with Gasteiger partial charge in [-0.3, -0.25) is 9.59 Å². The first-order valence-corrected chi connectivity index (χ1v) is 10.1. The number of aryl methyl sites for hydroxylation is 1. The molecular weight excluding hydrogens is 372 g/mol. The third kappa shape index (κ3) is 4.56. The van der Waals surface area contributed by atoms with Crippen LogP contribution < -0.4 is 4.74 Å². The van der Waals surface area contributed by atoms with Gasteiger partial charge in [0.2, 0.25) is 0 Å². The van der Waals surface area contributed by atoms with E-state index in [1.807, 2.05) is 12.3 Å². The fourth-order valence-electron chi connectivity index (χ4n) is 2.62. The summed E-state index contributed by atoms with van der Waals surface area (Å²) in [5.74, 6) is 1.04. The maximum Gasteiger partial charge on any atom is 0.320 e. The molecule has 1 fully saturated rings. The Morgan fingerprint density at radius 1 is 1.31 bits per heavy atom. The van der Waals surface area contributed by atoms with Crippen LogP contribution in [0.2, 0.25) is 0 Å². The second-order valence-electron chi connectivity index (χ2n) is 5.80. The molecule has 0 spiro atoms. The summed E-state index contributed by atoms with van der Waals surface area (Å²) in [6.07, 6.45) is 0. The minimum atomic E-state index is -0.318. The molecule has 1 atom stereocenters. The van der Waals surface area contributed by atoms with E-state index < -0.39 is 0 Å². The minimum absolute atomic E-state index is 0.0825. The van der Waals surface area contributed by atoms with E-state index in [2.05, 4.69) is 4.98 Å². The third-order valence-electron chi connectivity index (χ3n) is 3.97. The molecule has 0 saturated carbocycles. The van der Waals surface area contributed by atoms with Crippen LogP contribution in [0.1, 0.15) is 21.1 Å². The van der Waals surface area contributed by atoms with Gasteiger partial charge in [-0.15, -0.1) is 23.1 Å². The number of thioether (sulfide) groups is 1. The molecule has 1 aliphatic heterocycles. The van der Waals surface area contributed by atoms with Gasteiger partial charge in [-0.1, -0.05) is 0 Å². The summed E-state index contributed by atoms with van der Waals surface area (Å²) < 4.78 is 10.5. The standard InChI is InChI=1S/C18H20N2O4S2/c1-12-19-14(11-26-12)10-24-15-5-3-13(4-6-15)17(21)20-7-8-25-16(9-20)18(22)23-2/h3-6,11,16H,7-10H2,1-2H3/t16-/m1/s1. The van der Waals surface area contributed by atoms with E-state index in [4.69, 9.17) is 9.47 Å². The van der Waals surface area contributed by atoms with Crippen molar-refractivity contribution in [2.24, 2.45) is 0 Å². The first-order chi connectivity index (χ1) is 12.6. The molecule has 1 aliphatic rings. The summed E-state index contributed by atoms with van der Waals surface area (Å²) in [5, 5.41) is 2.66. The van der Waals surface area contributed by atoms with Gasteiger partial charge in [0.1, 0.15) is 17.6 Å². The van der Waals surface area contributed by atoms with Crippen LogP contribution in [0, 0.1) is 6.92 Å². The molecule has 0 unspecified atom stereocenters. The molecular formula is C18H20N2O4S2. The number of hydrogen-bond acceptors (Lipinski definition) is 7. The van der Waals surface area contributed by atoms with Gasteiger partial charge in [0.05, 0.1) is 17.8 Å². The Labute approximate surface area is 160 Å². The molecule has 0 bridgehead atoms. The van der Waals surface area contributed by atoms with Crippen molar-refractivity contribution in [2.45, 2.75) is 18.8 Å². The number of nitrogens with zero attached hydrogens (tertiary/aromatic N) is 2. The molecule has 3 rings (SSSR count). The summed E-state index contributed by atoms with van der Waals surface area (Å²) >= 11 is 3.12. The molecule has 1 aromatic carbocycles. The number of thiazole rings is 1. The molecule has 1 saturated heterocycles. The Morgan fingerprint density at radius 2 is 2.08 bits per heavy atom. The second kappa shape index (κ2) is 8.55. The average Bonchev–Trinajstić information content (AvgIpc) is 3.11. The average molecular weight is 393 g/mol. The van der Waals surface area contributed by atoms with E-state index in [0.717, 1.165) is 16.5 Å². The molecule has 2 heterocycles. The van der Waals surface area contributed by atoms with Crippen molar-refractivity contribution >= 4 is 35.0 Å². The van der Waals surface area contributed by atoms with Crippen molar-refractivity contribution in [1.82, 2.24) is 9.88 Å². The quantitative estimate of drug-likeness (QED) is 0.729. The maximum atomic E-state index is 12.7. The number of rotatable bonds is 5. The smallest absolute Gasteiger partial charge is 0.320 e. The van der Waals surface area contributed by atoms with Gasteiger partial charge in [0.15, 0.2) is 0 Å². The van der Waals surface area contributed by atoms with Crippen LogP contribution >= 0.6 is 23.1 Å². The Bertz CT molecular complexity index is 776. The van der Waals surface area contributed by atoms with Crippen molar-refractivity contribution in [3.05, 3.63) is 45.9 Å². The normalized spacial score (nSPS) is 17.0. The molecule has 1 amide bonds. The number of carbonyl (C=O) groups is 2. The number of benzene rings is 1. The number of esters is 1. The van der Waals surface area contributed by atoms with Crippen molar-refractivity contribution in [1.29, 1.82) is 0 Å². The largest absolute Gasteiger partial charge is 0.487 e. The highest BCUT2D eigenvalue weighted by molar-refractivity contribution is 8.00. The Hall–Kier alpha value is -2.06. The second-order valence-corrected chi connectivity index (χ2v) is 8.18. The molecule has 0 radical (unpaired) electrons. The van der Waals surface area contributed by atoms with Gasteiger partial charge in [0.25, 0.3) is 5.91 Å². The zero-order chi connectivity index (χ0) is 18.5. The first kappa shape index (κ1) is 18.7. The van der Waals surface area contributed by atoms with E-state index >= 15 is 0 Å². The van der Waals surface area contributed by atoms with E-state index in [9.17, 15) is 9.59 Å². The first-order valence-electron chi connectivity index (χ1n) is 8.19. The van der Waals surface area contributed by atoms with Gasteiger partial charge in [0, 0.05) is 29.8 Å². The highest BCUT2D eigenvalue weighted by Gasteiger charge is 2.30. The number of ether oxygens (including phenoxy) is 2. The lowest BCUT2D eigenvalue weighted by atomic mass is 10.2. The molecule has 0 aliphatic carbocycles. The monoisotopic (exact) mass is 392 g/mol. The zero-order valence-electron chi connectivity index (χ0n) is 14.6. The highest BCUT2D eigenvalue weighted by atomic mass is 32.2. The fraction of sp³-hybridized carbons (Fsp3) is 0.389. The maximum absolute atomic E-state index is 12.7. The SMILES string of the molecule is COC(=O)[C@H]1CN(C(=O)c2ccc(OCc3csc(C)n3)cc2)CCS1. The summed E-state index contributed by atoms with van der Waals surface area (Å²) in [6.45, 7) is 3.36. The topological polar surface area (TPSA) is 68.7 Å². The van der Waals surface area contributed by atoms with Crippen LogP contribution in [0.3, 0.4) is 0 Å². The number of aromatic nitrogens is 1. The van der Waals surface area contributed by atoms with E-state index in [-0.39, 0.29) is 17.1 Å². The Kier molecular flexibility index (Phi) is 6.16. The van der Waals surface area contributed by atoms with Gasteiger partial charge >= 0.3 is 5.97 Å². The Balaban J connectivity index is 1.58. The molecule has 1 aromatic heterocycles. The predicted molar refractivity (Wildman–Crippen MR) is 102 cm³/mol. The minimum Gasteiger partial charge on any atom is -0.487 e. The van der Waals surface area contributed by atoms with Crippen LogP contribution in [-0.4, -0.2) is 53.0 Å². The summed E-state index contributed by atoms with van der Waals surface area (Å²) in [4.78, 5) is 30.4. The van der Waals surface area contributed by atoms with Crippen LogP contribution in [0.5, 0.6) is 5.75 Å². The van der Waals surface area contributed by atoms with Crippen LogP contribution in [0.4, 0.5) is 0 Å². The number of hydrogen-bond donors (Lipinski definition) is 0. The van der Waals surface area contributed by atoms with Crippen LogP contribution in [0.25, 0.3) is 0 Å². The summed E-state index contributed by atoms with van der Waals surface area (Å²) in [5.41, 5.74) is 1.48. The zero-order valence-corrected chi connectivity index (χ0v) is 16.3. The molecule has 8 heteroatoms. The van der Waals surface area contributed by atoms with Crippen LogP contribution in [0.15, 0.2) is 29.6 Å². The molecule has 138 valence electrons. The summed E-state index contributed by atoms with van der Waals surface area (Å²) in [6, 6.07) is 7.06. The fourth-order valence-corrected chi connectivity index (χ4v) is 4.34. The number of carbonyl (C=O) groups excluding carboxylic acids is 2. The molecule has 2 aromatic rings. The number of amides is 1. The van der Waals surface area contributed by atoms with Gasteiger partial charge in [-0.2, -0.15) is 0 Å². The molecule has 6 nitrogen and oxygen atoms in total. The number of methoxy groups -OCH3 is 1. The lowest BCUT2D eigenvalue weighted by Gasteiger charge is -2.31. The van der Waals surface area contributed by atoms with Crippen molar-refractivity contribution < 1.29 is 19.1 Å². The molecule has 26 heavy (non-hydrogen) atoms. The van der Waals surface area contributed by atoms with Gasteiger partial charge in [-0.25, -0.2) is 4.98 Å². The highest BCUT2D eigenvalue weighted by Crippen LogP contribution is 2.22. The van der Waals surface area contributed by atoms with E-state index in [1.165, 1.54) is 18.9 Å². The van der Waals surface area contributed by atoms with E-state index in [1.54, 1.807) is 40.5 Å². The Morgan fingerprint density at radius 3 is 2.73 bits per heavy atom.